The van der Waals surface area contributed by atoms with Gasteiger partial charge in [-0.2, -0.15) is 0 Å². The van der Waals surface area contributed by atoms with Crippen molar-refractivity contribution in [3.63, 3.8) is 0 Å². The van der Waals surface area contributed by atoms with Crippen molar-refractivity contribution in [1.82, 2.24) is 0 Å². The summed E-state index contributed by atoms with van der Waals surface area (Å²) >= 11 is 3.51. The van der Waals surface area contributed by atoms with E-state index in [0.29, 0.717) is 6.61 Å². The lowest BCUT2D eigenvalue weighted by atomic mass is 10.2. The van der Waals surface area contributed by atoms with Crippen LogP contribution in [0, 0.1) is 0 Å². The maximum atomic E-state index is 6.92. The highest BCUT2D eigenvalue weighted by Gasteiger charge is 2.50. The normalized spacial score (nSPS) is 12.2. The molecule has 0 saturated carbocycles. The Morgan fingerprint density at radius 2 is 1.19 bits per heavy atom. The molecule has 0 amide bonds. The number of benzene rings is 3. The molecule has 134 valence electrons. The van der Waals surface area contributed by atoms with Gasteiger partial charge in [0.25, 0.3) is 8.32 Å². The molecule has 0 bridgehead atoms. The van der Waals surface area contributed by atoms with E-state index in [-0.39, 0.29) is 5.04 Å². The van der Waals surface area contributed by atoms with Crippen LogP contribution in [0.25, 0.3) is 0 Å². The zero-order valence-corrected chi connectivity index (χ0v) is 18.2. The van der Waals surface area contributed by atoms with Crippen molar-refractivity contribution in [3.8, 4) is 0 Å². The van der Waals surface area contributed by atoms with E-state index in [1.54, 1.807) is 0 Å². The first-order chi connectivity index (χ1) is 12.4. The molecular formula is C23H25BrOSi. The van der Waals surface area contributed by atoms with Crippen molar-refractivity contribution >= 4 is 34.6 Å². The van der Waals surface area contributed by atoms with E-state index < -0.39 is 8.32 Å². The number of hydrogen-bond donors (Lipinski definition) is 0. The first kappa shape index (κ1) is 19.1. The van der Waals surface area contributed by atoms with Crippen LogP contribution in [0.2, 0.25) is 5.04 Å². The second-order valence-corrected chi connectivity index (χ2v) is 12.8. The molecule has 0 saturated heterocycles. The summed E-state index contributed by atoms with van der Waals surface area (Å²) < 4.78 is 8.01. The molecule has 0 aliphatic heterocycles. The second-order valence-electron chi connectivity index (χ2n) is 7.58. The Morgan fingerprint density at radius 3 is 1.62 bits per heavy atom. The molecule has 0 N–H and O–H groups in total. The highest BCUT2D eigenvalue weighted by atomic mass is 79.9. The molecule has 0 aliphatic rings. The fraction of sp³-hybridized carbons (Fsp3) is 0.217. The zero-order chi connectivity index (χ0) is 18.6. The van der Waals surface area contributed by atoms with Crippen molar-refractivity contribution in [2.75, 3.05) is 0 Å². The Bertz CT molecular complexity index is 784. The quantitative estimate of drug-likeness (QED) is 0.489. The van der Waals surface area contributed by atoms with Gasteiger partial charge in [0.2, 0.25) is 0 Å². The summed E-state index contributed by atoms with van der Waals surface area (Å²) in [6.45, 7) is 7.53. The Kier molecular flexibility index (Phi) is 5.81. The summed E-state index contributed by atoms with van der Waals surface area (Å²) in [5.74, 6) is 0. The molecule has 0 unspecified atom stereocenters. The minimum Gasteiger partial charge on any atom is -0.403 e. The van der Waals surface area contributed by atoms with Gasteiger partial charge in [-0.1, -0.05) is 109 Å². The summed E-state index contributed by atoms with van der Waals surface area (Å²) in [4.78, 5) is 0. The highest BCUT2D eigenvalue weighted by molar-refractivity contribution is 9.10. The van der Waals surface area contributed by atoms with Crippen LogP contribution in [-0.2, 0) is 11.0 Å². The maximum Gasteiger partial charge on any atom is 0.261 e. The summed E-state index contributed by atoms with van der Waals surface area (Å²) in [5.41, 5.74) is 1.20. The molecule has 0 spiro atoms. The lowest BCUT2D eigenvalue weighted by molar-refractivity contribution is 0.286. The topological polar surface area (TPSA) is 9.23 Å². The lowest BCUT2D eigenvalue weighted by Gasteiger charge is -2.43. The number of hydrogen-bond acceptors (Lipinski definition) is 1. The summed E-state index contributed by atoms with van der Waals surface area (Å²) in [7, 11) is -2.46. The lowest BCUT2D eigenvalue weighted by Crippen LogP contribution is -2.66. The average Bonchev–Trinajstić information content (AvgIpc) is 2.64. The van der Waals surface area contributed by atoms with Gasteiger partial charge in [-0.25, -0.2) is 0 Å². The number of rotatable bonds is 5. The van der Waals surface area contributed by atoms with Gasteiger partial charge < -0.3 is 4.43 Å². The largest absolute Gasteiger partial charge is 0.403 e. The van der Waals surface area contributed by atoms with E-state index >= 15 is 0 Å². The van der Waals surface area contributed by atoms with Crippen LogP contribution in [0.4, 0.5) is 0 Å². The minimum absolute atomic E-state index is 0.00503. The van der Waals surface area contributed by atoms with Crippen LogP contribution in [0.5, 0.6) is 0 Å². The molecule has 3 heteroatoms. The van der Waals surface area contributed by atoms with Crippen molar-refractivity contribution in [1.29, 1.82) is 0 Å². The number of halogens is 1. The summed E-state index contributed by atoms with van der Waals surface area (Å²) in [6, 6.07) is 29.9. The smallest absolute Gasteiger partial charge is 0.261 e. The van der Waals surface area contributed by atoms with Gasteiger partial charge in [-0.3, -0.25) is 0 Å². The van der Waals surface area contributed by atoms with E-state index in [4.69, 9.17) is 4.43 Å². The average molecular weight is 425 g/mol. The fourth-order valence-corrected chi connectivity index (χ4v) is 8.34. The van der Waals surface area contributed by atoms with Crippen LogP contribution in [0.3, 0.4) is 0 Å². The second kappa shape index (κ2) is 7.91. The Balaban J connectivity index is 2.09. The summed E-state index contributed by atoms with van der Waals surface area (Å²) in [5, 5.41) is 2.64. The Hall–Kier alpha value is -1.68. The van der Waals surface area contributed by atoms with Crippen LogP contribution in [-0.4, -0.2) is 8.32 Å². The highest BCUT2D eigenvalue weighted by Crippen LogP contribution is 2.37. The van der Waals surface area contributed by atoms with E-state index in [2.05, 4.69) is 122 Å². The third-order valence-corrected chi connectivity index (χ3v) is 10.3. The first-order valence-electron chi connectivity index (χ1n) is 8.93. The molecule has 26 heavy (non-hydrogen) atoms. The van der Waals surface area contributed by atoms with Crippen molar-refractivity contribution < 1.29 is 4.43 Å². The molecule has 3 rings (SSSR count). The van der Waals surface area contributed by atoms with Crippen LogP contribution in [0.15, 0.2) is 89.4 Å². The maximum absolute atomic E-state index is 6.92. The van der Waals surface area contributed by atoms with E-state index in [9.17, 15) is 0 Å². The standard InChI is InChI=1S/C23H25BrOSi/c1-23(2,3)26(21-10-6-4-7-11-21,22-12-8-5-9-13-22)25-18-19-14-16-20(24)17-15-19/h4-17H,18H2,1-3H3. The van der Waals surface area contributed by atoms with Gasteiger partial charge in [0.1, 0.15) is 0 Å². The van der Waals surface area contributed by atoms with Gasteiger partial charge >= 0.3 is 0 Å². The molecule has 0 radical (unpaired) electrons. The first-order valence-corrected chi connectivity index (χ1v) is 11.6. The molecule has 3 aromatic rings. The van der Waals surface area contributed by atoms with Crippen LogP contribution >= 0.6 is 15.9 Å². The predicted molar refractivity (Wildman–Crippen MR) is 117 cm³/mol. The fourth-order valence-electron chi connectivity index (χ4n) is 3.53. The molecule has 0 heterocycles. The molecule has 0 atom stereocenters. The van der Waals surface area contributed by atoms with E-state index in [1.165, 1.54) is 15.9 Å². The molecular weight excluding hydrogens is 400 g/mol. The summed E-state index contributed by atoms with van der Waals surface area (Å²) in [6.07, 6.45) is 0. The molecule has 1 nitrogen and oxygen atoms in total. The van der Waals surface area contributed by atoms with E-state index in [0.717, 1.165) is 4.47 Å². The molecule has 0 fully saturated rings. The van der Waals surface area contributed by atoms with Gasteiger partial charge in [0, 0.05) is 4.47 Å². The molecule has 3 aromatic carbocycles. The minimum atomic E-state index is -2.46. The zero-order valence-electron chi connectivity index (χ0n) is 15.6. The van der Waals surface area contributed by atoms with Crippen LogP contribution < -0.4 is 10.4 Å². The van der Waals surface area contributed by atoms with Gasteiger partial charge in [-0.05, 0) is 33.1 Å². The van der Waals surface area contributed by atoms with Crippen molar-refractivity contribution in [2.45, 2.75) is 32.4 Å². The van der Waals surface area contributed by atoms with E-state index in [1.807, 2.05) is 0 Å². The van der Waals surface area contributed by atoms with Crippen LogP contribution in [0.1, 0.15) is 26.3 Å². The molecule has 0 aromatic heterocycles. The Morgan fingerprint density at radius 1 is 0.731 bits per heavy atom. The van der Waals surface area contributed by atoms with Crippen molar-refractivity contribution in [2.24, 2.45) is 0 Å². The van der Waals surface area contributed by atoms with Gasteiger partial charge in [0.05, 0.1) is 6.61 Å². The predicted octanol–water partition coefficient (Wildman–Crippen LogP) is 5.53. The third kappa shape index (κ3) is 3.85. The van der Waals surface area contributed by atoms with Gasteiger partial charge in [-0.15, -0.1) is 0 Å². The SMILES string of the molecule is CC(C)(C)[Si](OCc1ccc(Br)cc1)(c1ccccc1)c1ccccc1. The van der Waals surface area contributed by atoms with Gasteiger partial charge in [0.15, 0.2) is 0 Å². The van der Waals surface area contributed by atoms with Crippen molar-refractivity contribution in [3.05, 3.63) is 95.0 Å². The molecule has 0 aliphatic carbocycles. The monoisotopic (exact) mass is 424 g/mol. The third-order valence-electron chi connectivity index (χ3n) is 4.79. The Labute approximate surface area is 166 Å².